The maximum Gasteiger partial charge on any atom is 0.266 e. The van der Waals surface area contributed by atoms with Gasteiger partial charge in [-0.2, -0.15) is 0 Å². The highest BCUT2D eigenvalue weighted by molar-refractivity contribution is 14.1. The Balaban J connectivity index is 2.46. The molecule has 0 fully saturated rings. The quantitative estimate of drug-likeness (QED) is 0.604. The molecule has 0 saturated carbocycles. The molecule has 2 aromatic carbocycles. The molecule has 0 bridgehead atoms. The lowest BCUT2D eigenvalue weighted by molar-refractivity contribution is 0.571. The van der Waals surface area contributed by atoms with Gasteiger partial charge in [0.05, 0.1) is 11.4 Å². The molecule has 0 unspecified atom stereocenters. The van der Waals surface area contributed by atoms with E-state index < -0.39 is 26.6 Å². The summed E-state index contributed by atoms with van der Waals surface area (Å²) in [5.41, 5.74) is 5.45. The van der Waals surface area contributed by atoms with Crippen LogP contribution in [0.2, 0.25) is 0 Å². The number of halogens is 3. The molecule has 0 aliphatic carbocycles. The topological polar surface area (TPSA) is 72.2 Å². The predicted molar refractivity (Wildman–Crippen MR) is 80.7 cm³/mol. The van der Waals surface area contributed by atoms with Crippen LogP contribution in [0.1, 0.15) is 0 Å². The molecule has 20 heavy (non-hydrogen) atoms. The molecular weight excluding hydrogens is 401 g/mol. The summed E-state index contributed by atoms with van der Waals surface area (Å²) in [6.07, 6.45) is 0. The summed E-state index contributed by atoms with van der Waals surface area (Å²) in [6.45, 7) is 0. The molecular formula is C12H9F2IN2O2S. The molecule has 0 amide bonds. The molecule has 0 atom stereocenters. The zero-order valence-electron chi connectivity index (χ0n) is 9.90. The van der Waals surface area contributed by atoms with Gasteiger partial charge in [-0.25, -0.2) is 17.2 Å². The summed E-state index contributed by atoms with van der Waals surface area (Å²) in [5, 5.41) is 0. The maximum absolute atomic E-state index is 13.7. The largest absolute Gasteiger partial charge is 0.398 e. The third kappa shape index (κ3) is 3.01. The van der Waals surface area contributed by atoms with E-state index in [1.807, 2.05) is 0 Å². The smallest absolute Gasteiger partial charge is 0.266 e. The molecule has 3 N–H and O–H groups in total. The molecule has 8 heteroatoms. The van der Waals surface area contributed by atoms with Crippen molar-refractivity contribution in [3.63, 3.8) is 0 Å². The summed E-state index contributed by atoms with van der Waals surface area (Å²) >= 11 is 1.77. The van der Waals surface area contributed by atoms with Crippen molar-refractivity contribution in [2.75, 3.05) is 10.5 Å². The van der Waals surface area contributed by atoms with Crippen molar-refractivity contribution in [1.29, 1.82) is 0 Å². The van der Waals surface area contributed by atoms with E-state index in [4.69, 9.17) is 5.73 Å². The van der Waals surface area contributed by atoms with Crippen LogP contribution in [0.5, 0.6) is 0 Å². The molecule has 0 aliphatic heterocycles. The summed E-state index contributed by atoms with van der Waals surface area (Å²) < 4.78 is 53.5. The van der Waals surface area contributed by atoms with Gasteiger partial charge < -0.3 is 5.73 Å². The first-order valence-corrected chi connectivity index (χ1v) is 7.89. The van der Waals surface area contributed by atoms with Gasteiger partial charge in [-0.05, 0) is 52.9 Å². The number of nitrogen functional groups attached to an aromatic ring is 1. The first-order chi connectivity index (χ1) is 9.31. The van der Waals surface area contributed by atoms with Gasteiger partial charge in [0.15, 0.2) is 0 Å². The van der Waals surface area contributed by atoms with Crippen LogP contribution in [0.25, 0.3) is 0 Å². The van der Waals surface area contributed by atoms with Crippen molar-refractivity contribution >= 4 is 44.0 Å². The van der Waals surface area contributed by atoms with Crippen LogP contribution in [0.4, 0.5) is 20.2 Å². The Bertz CT molecular complexity index is 746. The van der Waals surface area contributed by atoms with Crippen LogP contribution in [0, 0.1) is 15.2 Å². The number of hydrogen-bond donors (Lipinski definition) is 2. The van der Waals surface area contributed by atoms with Crippen molar-refractivity contribution in [3.05, 3.63) is 51.6 Å². The number of nitrogens with one attached hydrogen (secondary N) is 1. The van der Waals surface area contributed by atoms with Gasteiger partial charge in [0.2, 0.25) is 0 Å². The fraction of sp³-hybridized carbons (Fsp3) is 0. The second kappa shape index (κ2) is 5.52. The Hall–Kier alpha value is -1.42. The lowest BCUT2D eigenvalue weighted by Gasteiger charge is -2.12. The van der Waals surface area contributed by atoms with Crippen molar-refractivity contribution in [2.45, 2.75) is 4.90 Å². The molecule has 0 spiro atoms. The van der Waals surface area contributed by atoms with E-state index in [0.717, 1.165) is 18.2 Å². The van der Waals surface area contributed by atoms with Crippen LogP contribution in [-0.4, -0.2) is 8.42 Å². The number of benzene rings is 2. The molecule has 4 nitrogen and oxygen atoms in total. The molecule has 0 radical (unpaired) electrons. The number of nitrogens with two attached hydrogens (primary N) is 1. The summed E-state index contributed by atoms with van der Waals surface area (Å²) in [5.74, 6) is -1.45. The highest BCUT2D eigenvalue weighted by atomic mass is 127. The zero-order chi connectivity index (χ0) is 14.9. The van der Waals surface area contributed by atoms with Crippen molar-refractivity contribution < 1.29 is 17.2 Å². The minimum absolute atomic E-state index is 0.148. The number of sulfonamides is 1. The van der Waals surface area contributed by atoms with E-state index in [-0.39, 0.29) is 11.4 Å². The second-order valence-corrected chi connectivity index (χ2v) is 6.67. The number of anilines is 2. The van der Waals surface area contributed by atoms with E-state index in [1.165, 1.54) is 18.2 Å². The number of hydrogen-bond acceptors (Lipinski definition) is 3. The Morgan fingerprint density at radius 3 is 2.45 bits per heavy atom. The molecule has 2 aromatic rings. The van der Waals surface area contributed by atoms with E-state index in [1.54, 1.807) is 22.6 Å². The van der Waals surface area contributed by atoms with E-state index >= 15 is 0 Å². The predicted octanol–water partition coefficient (Wildman–Crippen LogP) is 2.95. The van der Waals surface area contributed by atoms with E-state index in [9.17, 15) is 17.2 Å². The van der Waals surface area contributed by atoms with Crippen LogP contribution >= 0.6 is 22.6 Å². The van der Waals surface area contributed by atoms with Gasteiger partial charge in [0.1, 0.15) is 16.5 Å². The average Bonchev–Trinajstić information content (AvgIpc) is 2.32. The SMILES string of the molecule is Nc1cccc(F)c1S(=O)(=O)Nc1ccc(F)cc1I. The molecule has 0 aromatic heterocycles. The first kappa shape index (κ1) is 15.0. The Kier molecular flexibility index (Phi) is 4.14. The summed E-state index contributed by atoms with van der Waals surface area (Å²) in [4.78, 5) is -0.625. The standard InChI is InChI=1S/C12H9F2IN2O2S/c13-7-4-5-11(9(15)6-7)17-20(18,19)12-8(14)2-1-3-10(12)16/h1-6,17H,16H2. The fourth-order valence-corrected chi connectivity index (χ4v) is 3.64. The van der Waals surface area contributed by atoms with Crippen molar-refractivity contribution in [2.24, 2.45) is 0 Å². The van der Waals surface area contributed by atoms with Gasteiger partial charge in [-0.1, -0.05) is 6.07 Å². The van der Waals surface area contributed by atoms with E-state index in [2.05, 4.69) is 4.72 Å². The Morgan fingerprint density at radius 1 is 1.15 bits per heavy atom. The van der Waals surface area contributed by atoms with Gasteiger partial charge in [-0.15, -0.1) is 0 Å². The molecule has 2 rings (SSSR count). The average molecular weight is 410 g/mol. The van der Waals surface area contributed by atoms with Crippen molar-refractivity contribution in [3.8, 4) is 0 Å². The van der Waals surface area contributed by atoms with Gasteiger partial charge in [0, 0.05) is 3.57 Å². The third-order valence-corrected chi connectivity index (χ3v) is 4.79. The van der Waals surface area contributed by atoms with Gasteiger partial charge >= 0.3 is 0 Å². The second-order valence-electron chi connectivity index (χ2n) is 3.89. The zero-order valence-corrected chi connectivity index (χ0v) is 12.9. The van der Waals surface area contributed by atoms with Crippen LogP contribution < -0.4 is 10.5 Å². The summed E-state index contributed by atoms with van der Waals surface area (Å²) in [7, 11) is -4.19. The minimum Gasteiger partial charge on any atom is -0.398 e. The van der Waals surface area contributed by atoms with E-state index in [0.29, 0.717) is 3.57 Å². The fourth-order valence-electron chi connectivity index (χ4n) is 1.58. The monoisotopic (exact) mass is 410 g/mol. The molecule has 0 aliphatic rings. The molecule has 0 saturated heterocycles. The third-order valence-electron chi connectivity index (χ3n) is 2.44. The Labute approximate surface area is 128 Å². The Morgan fingerprint density at radius 2 is 1.85 bits per heavy atom. The normalized spacial score (nSPS) is 11.3. The maximum atomic E-state index is 13.7. The molecule has 106 valence electrons. The first-order valence-electron chi connectivity index (χ1n) is 5.33. The minimum atomic E-state index is -4.19. The number of rotatable bonds is 3. The highest BCUT2D eigenvalue weighted by Gasteiger charge is 2.23. The van der Waals surface area contributed by atoms with Crippen LogP contribution in [0.15, 0.2) is 41.3 Å². The van der Waals surface area contributed by atoms with Crippen LogP contribution in [-0.2, 0) is 10.0 Å². The van der Waals surface area contributed by atoms with Crippen LogP contribution in [0.3, 0.4) is 0 Å². The lowest BCUT2D eigenvalue weighted by atomic mass is 10.3. The van der Waals surface area contributed by atoms with Crippen molar-refractivity contribution in [1.82, 2.24) is 0 Å². The molecule has 0 heterocycles. The van der Waals surface area contributed by atoms with Gasteiger partial charge in [0.25, 0.3) is 10.0 Å². The van der Waals surface area contributed by atoms with Gasteiger partial charge in [-0.3, -0.25) is 4.72 Å². The highest BCUT2D eigenvalue weighted by Crippen LogP contribution is 2.26. The summed E-state index contributed by atoms with van der Waals surface area (Å²) in [6, 6.07) is 7.11. The lowest BCUT2D eigenvalue weighted by Crippen LogP contribution is -2.17.